The lowest BCUT2D eigenvalue weighted by Crippen LogP contribution is -2.49. The molecular formula is C16H19N3O5S. The van der Waals surface area contributed by atoms with Crippen LogP contribution in [0.4, 0.5) is 0 Å². The van der Waals surface area contributed by atoms with Crippen molar-refractivity contribution < 1.29 is 22.7 Å². The molecule has 1 aliphatic rings. The SMILES string of the molecule is COC(=O)[C@@H]1Cc2ncn(C)c2CN1S(=O)(=O)c1ccc(OC)cc1. The second kappa shape index (κ2) is 6.49. The minimum atomic E-state index is -3.89. The summed E-state index contributed by atoms with van der Waals surface area (Å²) in [6.07, 6.45) is 1.79. The van der Waals surface area contributed by atoms with Gasteiger partial charge in [0.1, 0.15) is 11.8 Å². The molecule has 0 spiro atoms. The number of esters is 1. The normalized spacial score (nSPS) is 17.8. The van der Waals surface area contributed by atoms with Crippen molar-refractivity contribution >= 4 is 16.0 Å². The van der Waals surface area contributed by atoms with Gasteiger partial charge in [-0.2, -0.15) is 4.31 Å². The average Bonchev–Trinajstić information content (AvgIpc) is 3.00. The number of fused-ring (bicyclic) bond motifs is 1. The van der Waals surface area contributed by atoms with Crippen LogP contribution in [0.25, 0.3) is 0 Å². The van der Waals surface area contributed by atoms with Gasteiger partial charge in [-0.15, -0.1) is 0 Å². The highest BCUT2D eigenvalue weighted by Crippen LogP contribution is 2.29. The van der Waals surface area contributed by atoms with E-state index in [4.69, 9.17) is 9.47 Å². The van der Waals surface area contributed by atoms with Gasteiger partial charge in [-0.25, -0.2) is 13.4 Å². The van der Waals surface area contributed by atoms with Gasteiger partial charge in [-0.1, -0.05) is 0 Å². The first kappa shape index (κ1) is 17.4. The third kappa shape index (κ3) is 3.00. The molecule has 9 heteroatoms. The fourth-order valence-electron chi connectivity index (χ4n) is 2.89. The van der Waals surface area contributed by atoms with Crippen molar-refractivity contribution in [3.8, 4) is 5.75 Å². The quantitative estimate of drug-likeness (QED) is 0.742. The molecule has 0 saturated carbocycles. The molecule has 0 bridgehead atoms. The van der Waals surface area contributed by atoms with Crippen molar-refractivity contribution in [1.82, 2.24) is 13.9 Å². The molecule has 0 radical (unpaired) electrons. The zero-order valence-corrected chi connectivity index (χ0v) is 15.0. The number of aryl methyl sites for hydroxylation is 1. The number of rotatable bonds is 4. The Morgan fingerprint density at radius 3 is 2.52 bits per heavy atom. The third-order valence-electron chi connectivity index (χ3n) is 4.32. The minimum absolute atomic E-state index is 0.0555. The van der Waals surface area contributed by atoms with Crippen LogP contribution in [0.3, 0.4) is 0 Å². The van der Waals surface area contributed by atoms with Crippen LogP contribution in [-0.4, -0.2) is 48.5 Å². The summed E-state index contributed by atoms with van der Waals surface area (Å²) in [6.45, 7) is 0.0555. The van der Waals surface area contributed by atoms with Crippen LogP contribution < -0.4 is 4.74 Å². The lowest BCUT2D eigenvalue weighted by molar-refractivity contribution is -0.145. The number of carbonyl (C=O) groups is 1. The molecule has 1 aromatic carbocycles. The molecule has 0 aliphatic carbocycles. The van der Waals surface area contributed by atoms with Crippen LogP contribution >= 0.6 is 0 Å². The molecule has 1 aliphatic heterocycles. The fraction of sp³-hybridized carbons (Fsp3) is 0.375. The Morgan fingerprint density at radius 2 is 1.92 bits per heavy atom. The van der Waals surface area contributed by atoms with Gasteiger partial charge in [0, 0.05) is 13.5 Å². The zero-order valence-electron chi connectivity index (χ0n) is 14.2. The molecule has 0 N–H and O–H groups in total. The molecule has 25 heavy (non-hydrogen) atoms. The summed E-state index contributed by atoms with van der Waals surface area (Å²) >= 11 is 0. The van der Waals surface area contributed by atoms with E-state index >= 15 is 0 Å². The Balaban J connectivity index is 2.04. The van der Waals surface area contributed by atoms with E-state index in [2.05, 4.69) is 4.98 Å². The Morgan fingerprint density at radius 1 is 1.24 bits per heavy atom. The maximum absolute atomic E-state index is 13.1. The van der Waals surface area contributed by atoms with E-state index in [0.717, 1.165) is 5.69 Å². The van der Waals surface area contributed by atoms with Crippen LogP contribution in [0.5, 0.6) is 5.75 Å². The van der Waals surface area contributed by atoms with Gasteiger partial charge >= 0.3 is 5.97 Å². The highest BCUT2D eigenvalue weighted by molar-refractivity contribution is 7.89. The lowest BCUT2D eigenvalue weighted by atomic mass is 10.1. The van der Waals surface area contributed by atoms with Gasteiger partial charge in [0.25, 0.3) is 0 Å². The molecule has 0 fully saturated rings. The Bertz CT molecular complexity index is 889. The number of hydrogen-bond donors (Lipinski definition) is 0. The van der Waals surface area contributed by atoms with Crippen molar-refractivity contribution in [1.29, 1.82) is 0 Å². The van der Waals surface area contributed by atoms with Crippen molar-refractivity contribution in [3.05, 3.63) is 42.0 Å². The van der Waals surface area contributed by atoms with Crippen LogP contribution in [0, 0.1) is 0 Å². The summed E-state index contributed by atoms with van der Waals surface area (Å²) in [5.74, 6) is -0.0515. The molecule has 3 rings (SSSR count). The minimum Gasteiger partial charge on any atom is -0.497 e. The van der Waals surface area contributed by atoms with E-state index in [1.807, 2.05) is 0 Å². The highest BCUT2D eigenvalue weighted by Gasteiger charge is 2.41. The first-order chi connectivity index (χ1) is 11.9. The second-order valence-electron chi connectivity index (χ2n) is 5.72. The van der Waals surface area contributed by atoms with E-state index in [0.29, 0.717) is 11.4 Å². The van der Waals surface area contributed by atoms with Gasteiger partial charge in [-0.05, 0) is 24.3 Å². The standard InChI is InChI=1S/C16H19N3O5S/c1-18-10-17-13-8-14(16(20)24-3)19(9-15(13)18)25(21,22)12-6-4-11(23-2)5-7-12/h4-7,10,14H,8-9H2,1-3H3/t14-/m0/s1. The maximum Gasteiger partial charge on any atom is 0.324 e. The van der Waals surface area contributed by atoms with Crippen molar-refractivity contribution in [2.75, 3.05) is 14.2 Å². The third-order valence-corrected chi connectivity index (χ3v) is 6.19. The van der Waals surface area contributed by atoms with E-state index in [-0.39, 0.29) is 17.9 Å². The van der Waals surface area contributed by atoms with Crippen LogP contribution in [0.15, 0.2) is 35.5 Å². The Hall–Kier alpha value is -2.39. The molecule has 1 atom stereocenters. The number of benzene rings is 1. The number of aromatic nitrogens is 2. The number of sulfonamides is 1. The molecule has 8 nitrogen and oxygen atoms in total. The van der Waals surface area contributed by atoms with Crippen molar-refractivity contribution in [2.24, 2.45) is 7.05 Å². The molecule has 0 saturated heterocycles. The summed E-state index contributed by atoms with van der Waals surface area (Å²) in [5.41, 5.74) is 1.47. The molecule has 134 valence electrons. The largest absolute Gasteiger partial charge is 0.497 e. The predicted octanol–water partition coefficient (Wildman–Crippen LogP) is 0.717. The van der Waals surface area contributed by atoms with E-state index in [9.17, 15) is 13.2 Å². The Labute approximate surface area is 146 Å². The van der Waals surface area contributed by atoms with Crippen LogP contribution in [-0.2, 0) is 39.6 Å². The molecule has 2 heterocycles. The van der Waals surface area contributed by atoms with Gasteiger partial charge in [0.05, 0.1) is 43.4 Å². The molecular weight excluding hydrogens is 346 g/mol. The smallest absolute Gasteiger partial charge is 0.324 e. The zero-order chi connectivity index (χ0) is 18.2. The monoisotopic (exact) mass is 365 g/mol. The molecule has 0 amide bonds. The average molecular weight is 365 g/mol. The summed E-state index contributed by atoms with van der Waals surface area (Å²) in [7, 11) is 0.651. The number of hydrogen-bond acceptors (Lipinski definition) is 6. The number of imidazole rings is 1. The first-order valence-corrected chi connectivity index (χ1v) is 9.05. The first-order valence-electron chi connectivity index (χ1n) is 7.61. The number of ether oxygens (including phenoxy) is 2. The van der Waals surface area contributed by atoms with Crippen molar-refractivity contribution in [2.45, 2.75) is 23.9 Å². The second-order valence-corrected chi connectivity index (χ2v) is 7.61. The summed E-state index contributed by atoms with van der Waals surface area (Å²) in [6, 6.07) is 5.11. The maximum atomic E-state index is 13.1. The number of methoxy groups -OCH3 is 2. The topological polar surface area (TPSA) is 90.7 Å². The summed E-state index contributed by atoms with van der Waals surface area (Å²) in [4.78, 5) is 16.5. The summed E-state index contributed by atoms with van der Waals surface area (Å²) < 4.78 is 39.0. The Kier molecular flexibility index (Phi) is 4.53. The summed E-state index contributed by atoms with van der Waals surface area (Å²) in [5, 5.41) is 0. The number of carbonyl (C=O) groups excluding carboxylic acids is 1. The van der Waals surface area contributed by atoms with E-state index in [1.165, 1.54) is 30.7 Å². The highest BCUT2D eigenvalue weighted by atomic mass is 32.2. The van der Waals surface area contributed by atoms with Gasteiger partial charge in [0.15, 0.2) is 0 Å². The van der Waals surface area contributed by atoms with Crippen LogP contribution in [0.2, 0.25) is 0 Å². The number of nitrogens with zero attached hydrogens (tertiary/aromatic N) is 3. The molecule has 0 unspecified atom stereocenters. The van der Waals surface area contributed by atoms with Crippen molar-refractivity contribution in [3.63, 3.8) is 0 Å². The molecule has 2 aromatic rings. The van der Waals surface area contributed by atoms with Crippen LogP contribution in [0.1, 0.15) is 11.4 Å². The van der Waals surface area contributed by atoms with E-state index < -0.39 is 22.0 Å². The van der Waals surface area contributed by atoms with Gasteiger partial charge < -0.3 is 14.0 Å². The van der Waals surface area contributed by atoms with Gasteiger partial charge in [-0.3, -0.25) is 4.79 Å². The lowest BCUT2D eigenvalue weighted by Gasteiger charge is -2.32. The van der Waals surface area contributed by atoms with E-state index in [1.54, 1.807) is 30.1 Å². The predicted molar refractivity (Wildman–Crippen MR) is 88.4 cm³/mol. The fourth-order valence-corrected chi connectivity index (χ4v) is 4.43. The van der Waals surface area contributed by atoms with Gasteiger partial charge in [0.2, 0.25) is 10.0 Å². The molecule has 1 aromatic heterocycles.